The van der Waals surface area contributed by atoms with Crippen LogP contribution in [0, 0.1) is 6.07 Å². The highest BCUT2D eigenvalue weighted by molar-refractivity contribution is 5.19. The van der Waals surface area contributed by atoms with E-state index in [1.165, 1.54) is 7.11 Å². The minimum Gasteiger partial charge on any atom is -0.488 e. The Labute approximate surface area is 70.9 Å². The number of methoxy groups -OCH3 is 1. The number of benzene rings is 1. The highest BCUT2D eigenvalue weighted by Crippen LogP contribution is 2.08. The zero-order chi connectivity index (χ0) is 8.81. The molecule has 0 saturated heterocycles. The summed E-state index contributed by atoms with van der Waals surface area (Å²) >= 11 is 0. The van der Waals surface area contributed by atoms with E-state index in [1.54, 1.807) is 24.3 Å². The van der Waals surface area contributed by atoms with Crippen LogP contribution in [0.2, 0.25) is 0 Å². The van der Waals surface area contributed by atoms with Crippen molar-refractivity contribution in [2.45, 2.75) is 6.36 Å². The van der Waals surface area contributed by atoms with Crippen molar-refractivity contribution in [2.24, 2.45) is 0 Å². The Kier molecular flexibility index (Phi) is 3.54. The first-order valence-corrected chi connectivity index (χ1v) is 3.58. The average Bonchev–Trinajstić information content (AvgIpc) is 2.16. The standard InChI is InChI=1S/C9H10FO2/c1-11-9(10)7-12-8-5-3-2-4-6-8/h2-3,5-6,9H,7H2,1H3. The van der Waals surface area contributed by atoms with E-state index in [9.17, 15) is 4.39 Å². The molecule has 0 aliphatic rings. The zero-order valence-electron chi connectivity index (χ0n) is 6.79. The summed E-state index contributed by atoms with van der Waals surface area (Å²) in [5.41, 5.74) is 0. The Morgan fingerprint density at radius 1 is 1.67 bits per heavy atom. The lowest BCUT2D eigenvalue weighted by Crippen LogP contribution is -2.14. The zero-order valence-corrected chi connectivity index (χ0v) is 6.79. The summed E-state index contributed by atoms with van der Waals surface area (Å²) in [6.07, 6.45) is -1.37. The molecule has 1 radical (unpaired) electrons. The van der Waals surface area contributed by atoms with E-state index in [1.807, 2.05) is 0 Å². The van der Waals surface area contributed by atoms with Crippen LogP contribution in [0.4, 0.5) is 4.39 Å². The second-order valence-corrected chi connectivity index (χ2v) is 2.20. The number of hydrogen-bond donors (Lipinski definition) is 0. The van der Waals surface area contributed by atoms with Crippen molar-refractivity contribution in [3.05, 3.63) is 30.3 Å². The molecule has 1 rings (SSSR count). The van der Waals surface area contributed by atoms with Gasteiger partial charge in [0.1, 0.15) is 12.4 Å². The summed E-state index contributed by atoms with van der Waals surface area (Å²) in [4.78, 5) is 0. The van der Waals surface area contributed by atoms with Crippen LogP contribution in [0.3, 0.4) is 0 Å². The molecule has 2 nitrogen and oxygen atoms in total. The van der Waals surface area contributed by atoms with Crippen LogP contribution in [-0.2, 0) is 4.74 Å². The number of alkyl halides is 1. The maximum absolute atomic E-state index is 12.5. The van der Waals surface area contributed by atoms with Gasteiger partial charge in [-0.1, -0.05) is 12.1 Å². The van der Waals surface area contributed by atoms with Crippen LogP contribution in [0.5, 0.6) is 5.75 Å². The first kappa shape index (κ1) is 9.00. The molecule has 0 fully saturated rings. The number of rotatable bonds is 4. The molecular formula is C9H10FO2. The van der Waals surface area contributed by atoms with E-state index >= 15 is 0 Å². The van der Waals surface area contributed by atoms with Crippen LogP contribution in [0.25, 0.3) is 0 Å². The molecule has 12 heavy (non-hydrogen) atoms. The Morgan fingerprint density at radius 3 is 3.08 bits per heavy atom. The minimum absolute atomic E-state index is 0.0889. The summed E-state index contributed by atoms with van der Waals surface area (Å²) < 4.78 is 21.9. The topological polar surface area (TPSA) is 18.5 Å². The van der Waals surface area contributed by atoms with Gasteiger partial charge in [-0.3, -0.25) is 0 Å². The summed E-state index contributed by atoms with van der Waals surface area (Å²) in [5.74, 6) is 0.595. The predicted octanol–water partition coefficient (Wildman–Crippen LogP) is 1.81. The summed E-state index contributed by atoms with van der Waals surface area (Å²) in [7, 11) is 1.30. The van der Waals surface area contributed by atoms with Crippen molar-refractivity contribution in [3.8, 4) is 5.75 Å². The third kappa shape index (κ3) is 2.88. The molecular weight excluding hydrogens is 159 g/mol. The van der Waals surface area contributed by atoms with Crippen molar-refractivity contribution in [2.75, 3.05) is 13.7 Å². The minimum atomic E-state index is -1.37. The highest BCUT2D eigenvalue weighted by Gasteiger charge is 2.03. The molecule has 1 aromatic carbocycles. The van der Waals surface area contributed by atoms with Crippen molar-refractivity contribution >= 4 is 0 Å². The van der Waals surface area contributed by atoms with Gasteiger partial charge in [-0.2, -0.15) is 0 Å². The second kappa shape index (κ2) is 4.72. The molecule has 0 bridgehead atoms. The maximum atomic E-state index is 12.5. The van der Waals surface area contributed by atoms with Crippen LogP contribution in [0.15, 0.2) is 24.3 Å². The lowest BCUT2D eigenvalue weighted by molar-refractivity contribution is -0.0357. The molecule has 0 aliphatic carbocycles. The van der Waals surface area contributed by atoms with Gasteiger partial charge in [0, 0.05) is 7.11 Å². The second-order valence-electron chi connectivity index (χ2n) is 2.20. The predicted molar refractivity (Wildman–Crippen MR) is 42.7 cm³/mol. The van der Waals surface area contributed by atoms with Crippen molar-refractivity contribution in [3.63, 3.8) is 0 Å². The molecule has 0 amide bonds. The van der Waals surface area contributed by atoms with Gasteiger partial charge in [-0.05, 0) is 18.2 Å². The number of halogens is 1. The first-order chi connectivity index (χ1) is 5.83. The first-order valence-electron chi connectivity index (χ1n) is 3.58. The molecule has 0 spiro atoms. The normalized spacial score (nSPS) is 12.5. The Bertz CT molecular complexity index is 213. The molecule has 0 saturated carbocycles. The molecule has 65 valence electrons. The largest absolute Gasteiger partial charge is 0.488 e. The lowest BCUT2D eigenvalue weighted by atomic mass is 10.3. The van der Waals surface area contributed by atoms with E-state index in [2.05, 4.69) is 10.8 Å². The molecule has 1 atom stereocenters. The van der Waals surface area contributed by atoms with Gasteiger partial charge in [-0.25, -0.2) is 4.39 Å². The fourth-order valence-electron chi connectivity index (χ4n) is 0.696. The van der Waals surface area contributed by atoms with E-state index in [4.69, 9.17) is 4.74 Å². The molecule has 0 aliphatic heterocycles. The van der Waals surface area contributed by atoms with Crippen LogP contribution >= 0.6 is 0 Å². The van der Waals surface area contributed by atoms with E-state index < -0.39 is 6.36 Å². The van der Waals surface area contributed by atoms with E-state index in [-0.39, 0.29) is 6.61 Å². The summed E-state index contributed by atoms with van der Waals surface area (Å²) in [6.45, 7) is -0.0889. The fraction of sp³-hybridized carbons (Fsp3) is 0.333. The van der Waals surface area contributed by atoms with Gasteiger partial charge in [-0.15, -0.1) is 0 Å². The summed E-state index contributed by atoms with van der Waals surface area (Å²) in [6, 6.07) is 9.71. The third-order valence-electron chi connectivity index (χ3n) is 1.32. The Hall–Kier alpha value is -1.09. The average molecular weight is 169 g/mol. The van der Waals surface area contributed by atoms with Gasteiger partial charge < -0.3 is 9.47 Å². The SMILES string of the molecule is COC(F)COc1c[c]ccc1. The molecule has 1 unspecified atom stereocenters. The quantitative estimate of drug-likeness (QED) is 0.684. The van der Waals surface area contributed by atoms with E-state index in [0.717, 1.165) is 0 Å². The highest BCUT2D eigenvalue weighted by atomic mass is 19.1. The smallest absolute Gasteiger partial charge is 0.233 e. The van der Waals surface area contributed by atoms with Gasteiger partial charge in [0.15, 0.2) is 0 Å². The van der Waals surface area contributed by atoms with Gasteiger partial charge >= 0.3 is 0 Å². The van der Waals surface area contributed by atoms with Crippen molar-refractivity contribution < 1.29 is 13.9 Å². The Balaban J connectivity index is 2.33. The number of ether oxygens (including phenoxy) is 2. The van der Waals surface area contributed by atoms with Crippen LogP contribution < -0.4 is 4.74 Å². The molecule has 0 aromatic heterocycles. The maximum Gasteiger partial charge on any atom is 0.233 e. The monoisotopic (exact) mass is 169 g/mol. The van der Waals surface area contributed by atoms with Crippen molar-refractivity contribution in [1.82, 2.24) is 0 Å². The van der Waals surface area contributed by atoms with Crippen LogP contribution in [-0.4, -0.2) is 20.1 Å². The van der Waals surface area contributed by atoms with Gasteiger partial charge in [0.2, 0.25) is 6.36 Å². The van der Waals surface area contributed by atoms with Crippen LogP contribution in [0.1, 0.15) is 0 Å². The van der Waals surface area contributed by atoms with Gasteiger partial charge in [0.05, 0.1) is 0 Å². The van der Waals surface area contributed by atoms with Crippen molar-refractivity contribution in [1.29, 1.82) is 0 Å². The lowest BCUT2D eigenvalue weighted by Gasteiger charge is -2.07. The fourth-order valence-corrected chi connectivity index (χ4v) is 0.696. The summed E-state index contributed by atoms with van der Waals surface area (Å²) in [5, 5.41) is 0. The third-order valence-corrected chi connectivity index (χ3v) is 1.32. The molecule has 0 heterocycles. The molecule has 0 N–H and O–H groups in total. The Morgan fingerprint density at radius 2 is 2.50 bits per heavy atom. The molecule has 3 heteroatoms. The molecule has 1 aromatic rings. The van der Waals surface area contributed by atoms with E-state index in [0.29, 0.717) is 5.75 Å². The van der Waals surface area contributed by atoms with Gasteiger partial charge in [0.25, 0.3) is 0 Å². The number of hydrogen-bond acceptors (Lipinski definition) is 2.